The molecular weight excluding hydrogens is 608 g/mol. The zero-order chi connectivity index (χ0) is 33.8. The van der Waals surface area contributed by atoms with Gasteiger partial charge in [0.2, 0.25) is 0 Å². The standard InChI is InChI=1S/C38H44N4O6/c1-24-33(22-42-19-7-10-32(42)36(45)48-38(2,3)4)46-37(47-34(24)27-15-13-26(23-43)14-16-27)28-17-11-25(12-18-28)20-40-35(44)31-21-39-29-8-5-6-9-30(29)41-31/h5-6,8-9,11-18,21,24,32-34,37,43H,7,10,19-20,22-23H2,1-4H3,(H,40,44)/t24-,32+,33+,34+,37+/m1/s1. The predicted molar refractivity (Wildman–Crippen MR) is 181 cm³/mol. The molecule has 0 bridgehead atoms. The Morgan fingerprint density at radius 3 is 2.35 bits per heavy atom. The molecule has 1 aromatic heterocycles. The predicted octanol–water partition coefficient (Wildman–Crippen LogP) is 5.65. The molecule has 3 aromatic carbocycles. The molecule has 0 spiro atoms. The lowest BCUT2D eigenvalue weighted by Gasteiger charge is -2.43. The summed E-state index contributed by atoms with van der Waals surface area (Å²) in [6.07, 6.45) is 2.02. The van der Waals surface area contributed by atoms with Gasteiger partial charge in [-0.2, -0.15) is 0 Å². The molecule has 2 aliphatic heterocycles. The monoisotopic (exact) mass is 652 g/mol. The third kappa shape index (κ3) is 7.90. The summed E-state index contributed by atoms with van der Waals surface area (Å²) < 4.78 is 19.1. The van der Waals surface area contributed by atoms with Crippen LogP contribution in [0.5, 0.6) is 0 Å². The van der Waals surface area contributed by atoms with E-state index in [-0.39, 0.29) is 48.3 Å². The number of carbonyl (C=O) groups excluding carboxylic acids is 2. The number of hydrogen-bond acceptors (Lipinski definition) is 9. The van der Waals surface area contributed by atoms with Crippen LogP contribution in [0.25, 0.3) is 11.0 Å². The van der Waals surface area contributed by atoms with Crippen molar-refractivity contribution in [2.75, 3.05) is 13.1 Å². The van der Waals surface area contributed by atoms with Crippen LogP contribution in [0.1, 0.15) is 85.7 Å². The Bertz CT molecular complexity index is 1720. The number of esters is 1. The summed E-state index contributed by atoms with van der Waals surface area (Å²) >= 11 is 0. The number of hydrogen-bond donors (Lipinski definition) is 2. The molecule has 10 nitrogen and oxygen atoms in total. The molecule has 0 unspecified atom stereocenters. The van der Waals surface area contributed by atoms with Gasteiger partial charge in [-0.1, -0.05) is 67.6 Å². The topological polar surface area (TPSA) is 123 Å². The van der Waals surface area contributed by atoms with Crippen molar-refractivity contribution in [1.29, 1.82) is 0 Å². The van der Waals surface area contributed by atoms with E-state index in [0.29, 0.717) is 18.6 Å². The summed E-state index contributed by atoms with van der Waals surface area (Å²) in [6, 6.07) is 22.8. The first-order valence-electron chi connectivity index (χ1n) is 16.6. The Morgan fingerprint density at radius 2 is 1.65 bits per heavy atom. The van der Waals surface area contributed by atoms with Gasteiger partial charge in [-0.3, -0.25) is 19.5 Å². The fourth-order valence-electron chi connectivity index (χ4n) is 6.37. The smallest absolute Gasteiger partial charge is 0.323 e. The largest absolute Gasteiger partial charge is 0.459 e. The summed E-state index contributed by atoms with van der Waals surface area (Å²) in [5.41, 5.74) is 4.71. The normalized spacial score (nSPS) is 23.2. The third-order valence-corrected chi connectivity index (χ3v) is 8.97. The first kappa shape index (κ1) is 33.7. The van der Waals surface area contributed by atoms with Gasteiger partial charge in [0.1, 0.15) is 17.3 Å². The molecule has 3 heterocycles. The lowest BCUT2D eigenvalue weighted by molar-refractivity contribution is -0.276. The van der Waals surface area contributed by atoms with Crippen molar-refractivity contribution in [3.05, 3.63) is 107 Å². The Hall–Kier alpha value is -4.22. The van der Waals surface area contributed by atoms with Crippen LogP contribution in [0.3, 0.4) is 0 Å². The fraction of sp³-hybridized carbons (Fsp3) is 0.421. The van der Waals surface area contributed by atoms with E-state index in [1.807, 2.05) is 93.6 Å². The van der Waals surface area contributed by atoms with Gasteiger partial charge < -0.3 is 24.6 Å². The maximum absolute atomic E-state index is 13.1. The summed E-state index contributed by atoms with van der Waals surface area (Å²) in [4.78, 5) is 36.9. The molecule has 2 saturated heterocycles. The van der Waals surface area contributed by atoms with Crippen molar-refractivity contribution in [1.82, 2.24) is 20.2 Å². The van der Waals surface area contributed by atoms with Crippen LogP contribution in [0.15, 0.2) is 79.0 Å². The number of para-hydroxylation sites is 2. The highest BCUT2D eigenvalue weighted by Gasteiger charge is 2.42. The summed E-state index contributed by atoms with van der Waals surface area (Å²) in [7, 11) is 0. The molecule has 252 valence electrons. The number of amides is 1. The molecule has 5 atom stereocenters. The van der Waals surface area contributed by atoms with E-state index in [2.05, 4.69) is 27.1 Å². The van der Waals surface area contributed by atoms with Crippen molar-refractivity contribution >= 4 is 22.9 Å². The summed E-state index contributed by atoms with van der Waals surface area (Å²) in [5, 5.41) is 12.5. The average Bonchev–Trinajstić information content (AvgIpc) is 3.56. The Morgan fingerprint density at radius 1 is 0.958 bits per heavy atom. The zero-order valence-electron chi connectivity index (χ0n) is 28.0. The number of nitrogens with one attached hydrogen (secondary N) is 1. The van der Waals surface area contributed by atoms with Crippen molar-refractivity contribution in [3.8, 4) is 0 Å². The van der Waals surface area contributed by atoms with Crippen molar-refractivity contribution in [2.24, 2.45) is 5.92 Å². The minimum absolute atomic E-state index is 0.0196. The molecule has 2 N–H and O–H groups in total. The van der Waals surface area contributed by atoms with Crippen LogP contribution >= 0.6 is 0 Å². The van der Waals surface area contributed by atoms with Crippen LogP contribution < -0.4 is 5.32 Å². The molecule has 0 radical (unpaired) electrons. The lowest BCUT2D eigenvalue weighted by atomic mass is 9.90. The maximum Gasteiger partial charge on any atom is 0.323 e. The quantitative estimate of drug-likeness (QED) is 0.221. The Kier molecular flexibility index (Phi) is 10.2. The second kappa shape index (κ2) is 14.5. The molecule has 6 rings (SSSR count). The average molecular weight is 653 g/mol. The highest BCUT2D eigenvalue weighted by atomic mass is 16.7. The van der Waals surface area contributed by atoms with Crippen LogP contribution in [0.2, 0.25) is 0 Å². The number of ether oxygens (including phenoxy) is 3. The highest BCUT2D eigenvalue weighted by Crippen LogP contribution is 2.42. The first-order valence-corrected chi connectivity index (χ1v) is 16.6. The molecule has 2 aliphatic rings. The van der Waals surface area contributed by atoms with Gasteiger partial charge in [0, 0.05) is 24.6 Å². The van der Waals surface area contributed by atoms with E-state index in [1.165, 1.54) is 6.20 Å². The van der Waals surface area contributed by atoms with E-state index < -0.39 is 11.9 Å². The van der Waals surface area contributed by atoms with E-state index in [0.717, 1.165) is 47.2 Å². The lowest BCUT2D eigenvalue weighted by Crippen LogP contribution is -2.48. The van der Waals surface area contributed by atoms with Crippen molar-refractivity contribution in [2.45, 2.75) is 83.8 Å². The number of aliphatic hydroxyl groups is 1. The Labute approximate surface area is 281 Å². The van der Waals surface area contributed by atoms with E-state index in [4.69, 9.17) is 14.2 Å². The maximum atomic E-state index is 13.1. The van der Waals surface area contributed by atoms with Gasteiger partial charge in [0.05, 0.1) is 36.0 Å². The number of fused-ring (bicyclic) bond motifs is 1. The number of benzene rings is 3. The third-order valence-electron chi connectivity index (χ3n) is 8.97. The molecule has 0 aliphatic carbocycles. The highest BCUT2D eigenvalue weighted by molar-refractivity contribution is 5.93. The molecule has 10 heteroatoms. The fourth-order valence-corrected chi connectivity index (χ4v) is 6.37. The van der Waals surface area contributed by atoms with Gasteiger partial charge in [-0.15, -0.1) is 0 Å². The van der Waals surface area contributed by atoms with Crippen LogP contribution in [-0.4, -0.2) is 62.7 Å². The molecule has 1 amide bonds. The second-order valence-electron chi connectivity index (χ2n) is 13.7. The minimum Gasteiger partial charge on any atom is -0.459 e. The second-order valence-corrected chi connectivity index (χ2v) is 13.7. The van der Waals surface area contributed by atoms with Crippen LogP contribution in [0, 0.1) is 5.92 Å². The van der Waals surface area contributed by atoms with E-state index in [9.17, 15) is 14.7 Å². The zero-order valence-corrected chi connectivity index (χ0v) is 28.0. The number of rotatable bonds is 9. The van der Waals surface area contributed by atoms with Crippen molar-refractivity contribution in [3.63, 3.8) is 0 Å². The number of aliphatic hydroxyl groups excluding tert-OH is 1. The van der Waals surface area contributed by atoms with Gasteiger partial charge in [0.15, 0.2) is 6.29 Å². The van der Waals surface area contributed by atoms with Gasteiger partial charge >= 0.3 is 5.97 Å². The number of aromatic nitrogens is 2. The summed E-state index contributed by atoms with van der Waals surface area (Å²) in [5.74, 6) is -0.508. The number of likely N-dealkylation sites (tertiary alicyclic amines) is 1. The number of nitrogens with zero attached hydrogens (tertiary/aromatic N) is 3. The Balaban J connectivity index is 1.17. The SMILES string of the molecule is C[C@@H]1[C@H](CN2CCC[C@H]2C(=O)OC(C)(C)C)O[C@H](c2ccc(CNC(=O)c3cnc4ccccc4n3)cc2)O[C@@H]1c1ccc(CO)cc1. The molecule has 48 heavy (non-hydrogen) atoms. The van der Waals surface area contributed by atoms with E-state index in [1.54, 1.807) is 0 Å². The minimum atomic E-state index is -0.646. The molecule has 4 aromatic rings. The first-order chi connectivity index (χ1) is 23.1. The van der Waals surface area contributed by atoms with E-state index >= 15 is 0 Å². The van der Waals surface area contributed by atoms with Gasteiger partial charge in [0.25, 0.3) is 5.91 Å². The van der Waals surface area contributed by atoms with Crippen LogP contribution in [0.4, 0.5) is 0 Å². The molecular formula is C38H44N4O6. The number of carbonyl (C=O) groups is 2. The molecule has 0 saturated carbocycles. The van der Waals surface area contributed by atoms with Gasteiger partial charge in [-0.25, -0.2) is 4.98 Å². The van der Waals surface area contributed by atoms with Crippen LogP contribution in [-0.2, 0) is 32.2 Å². The molecule has 2 fully saturated rings. The van der Waals surface area contributed by atoms with Crippen molar-refractivity contribution < 1.29 is 28.9 Å². The summed E-state index contributed by atoms with van der Waals surface area (Å²) in [6.45, 7) is 9.45. The van der Waals surface area contributed by atoms with Gasteiger partial charge in [-0.05, 0) is 69.0 Å².